The minimum Gasteiger partial charge on any atom is -0.473 e. The van der Waals surface area contributed by atoms with E-state index in [1.807, 2.05) is 0 Å². The molecular formula is C22H29N3O3. The van der Waals surface area contributed by atoms with Crippen molar-refractivity contribution >= 4 is 5.91 Å². The highest BCUT2D eigenvalue weighted by molar-refractivity contribution is 5.84. The Morgan fingerprint density at radius 2 is 1.79 bits per heavy atom. The molecule has 4 aliphatic carbocycles. The summed E-state index contributed by atoms with van der Waals surface area (Å²) in [6, 6.07) is 0. The molecule has 1 spiro atoms. The maximum Gasteiger partial charge on any atom is 0.232 e. The first-order valence-corrected chi connectivity index (χ1v) is 11.0. The van der Waals surface area contributed by atoms with Crippen LogP contribution in [0.25, 0.3) is 0 Å². The number of carbonyl (C=O) groups is 1. The largest absolute Gasteiger partial charge is 0.473 e. The normalized spacial score (nSPS) is 40.4. The third-order valence-corrected chi connectivity index (χ3v) is 8.01. The van der Waals surface area contributed by atoms with Gasteiger partial charge in [-0.2, -0.15) is 0 Å². The topological polar surface area (TPSA) is 64.6 Å². The summed E-state index contributed by atoms with van der Waals surface area (Å²) in [6.07, 6.45) is 14.3. The Labute approximate surface area is 166 Å². The van der Waals surface area contributed by atoms with Crippen molar-refractivity contribution in [1.82, 2.24) is 14.9 Å². The number of nitrogens with zero attached hydrogens (tertiary/aromatic N) is 3. The molecule has 0 aromatic carbocycles. The fourth-order valence-corrected chi connectivity index (χ4v) is 7.32. The second-order valence-corrected chi connectivity index (χ2v) is 10.2. The van der Waals surface area contributed by atoms with E-state index in [0.29, 0.717) is 18.4 Å². The van der Waals surface area contributed by atoms with Gasteiger partial charge in [-0.1, -0.05) is 0 Å². The van der Waals surface area contributed by atoms with Crippen molar-refractivity contribution in [3.63, 3.8) is 0 Å². The molecule has 2 aliphatic heterocycles. The van der Waals surface area contributed by atoms with Crippen molar-refractivity contribution in [3.05, 3.63) is 18.6 Å². The van der Waals surface area contributed by atoms with Crippen molar-refractivity contribution in [3.8, 4) is 5.88 Å². The minimum absolute atomic E-state index is 0.0411. The summed E-state index contributed by atoms with van der Waals surface area (Å²) >= 11 is 0. The molecule has 1 amide bonds. The highest BCUT2D eigenvalue weighted by atomic mass is 16.5. The van der Waals surface area contributed by atoms with Crippen LogP contribution in [0.4, 0.5) is 0 Å². The van der Waals surface area contributed by atoms with Crippen LogP contribution >= 0.6 is 0 Å². The summed E-state index contributed by atoms with van der Waals surface area (Å²) in [4.78, 5) is 23.9. The number of hydrogen-bond acceptors (Lipinski definition) is 5. The summed E-state index contributed by atoms with van der Waals surface area (Å²) in [5, 5.41) is 0. The van der Waals surface area contributed by atoms with Crippen molar-refractivity contribution < 1.29 is 14.3 Å². The van der Waals surface area contributed by atoms with Gasteiger partial charge in [-0.15, -0.1) is 0 Å². The Morgan fingerprint density at radius 1 is 1.07 bits per heavy atom. The van der Waals surface area contributed by atoms with E-state index in [1.54, 1.807) is 18.6 Å². The Morgan fingerprint density at radius 3 is 2.43 bits per heavy atom. The first-order valence-electron chi connectivity index (χ1n) is 11.0. The van der Waals surface area contributed by atoms with Crippen molar-refractivity contribution in [2.45, 2.75) is 63.1 Å². The van der Waals surface area contributed by atoms with E-state index in [9.17, 15) is 4.79 Å². The van der Waals surface area contributed by atoms with Crippen LogP contribution in [0.15, 0.2) is 18.6 Å². The van der Waals surface area contributed by atoms with Crippen LogP contribution in [0.2, 0.25) is 0 Å². The molecule has 0 N–H and O–H groups in total. The van der Waals surface area contributed by atoms with E-state index in [0.717, 1.165) is 62.9 Å². The number of carbonyl (C=O) groups excluding carboxylic acids is 1. The van der Waals surface area contributed by atoms with E-state index in [2.05, 4.69) is 14.9 Å². The molecule has 1 aromatic heterocycles. The monoisotopic (exact) mass is 383 g/mol. The van der Waals surface area contributed by atoms with Gasteiger partial charge in [-0.05, 0) is 56.3 Å². The number of likely N-dealkylation sites (tertiary alicyclic amines) is 1. The summed E-state index contributed by atoms with van der Waals surface area (Å²) in [6.45, 7) is 2.14. The Kier molecular flexibility index (Phi) is 3.78. The summed E-state index contributed by atoms with van der Waals surface area (Å²) in [5.74, 6) is 3.42. The summed E-state index contributed by atoms with van der Waals surface area (Å²) in [5.41, 5.74) is -0.260. The standard InChI is InChI=1S/C22H29N3O3/c26-20(21-8-15-5-16(9-21)7-17(6-15)10-21)25-13-22(14-25)11-18(1-4-27-22)28-19-12-23-2-3-24-19/h2-3,12,15-18H,1,4-11,13-14H2/t15?,16?,17?,18-,21?/m0/s1. The second-order valence-electron chi connectivity index (χ2n) is 10.2. The SMILES string of the molecule is O=C(N1CC2(C[C@@H](Oc3cnccn3)CCO2)C1)C12CC3CC(CC(C3)C1)C2. The third-order valence-electron chi connectivity index (χ3n) is 8.01. The Hall–Kier alpha value is -1.69. The van der Waals surface area contributed by atoms with Gasteiger partial charge in [-0.3, -0.25) is 9.78 Å². The zero-order chi connectivity index (χ0) is 18.8. The molecule has 6 fully saturated rings. The molecule has 150 valence electrons. The van der Waals surface area contributed by atoms with Crippen molar-refractivity contribution in [2.24, 2.45) is 23.2 Å². The number of rotatable bonds is 3. The van der Waals surface area contributed by atoms with Crippen LogP contribution in [-0.2, 0) is 9.53 Å². The van der Waals surface area contributed by atoms with Crippen LogP contribution in [-0.4, -0.2) is 52.2 Å². The summed E-state index contributed by atoms with van der Waals surface area (Å²) < 4.78 is 12.2. The maximum atomic E-state index is 13.5. The van der Waals surface area contributed by atoms with Gasteiger partial charge in [0.25, 0.3) is 0 Å². The zero-order valence-corrected chi connectivity index (χ0v) is 16.4. The van der Waals surface area contributed by atoms with Crippen LogP contribution in [0.3, 0.4) is 0 Å². The van der Waals surface area contributed by atoms with Gasteiger partial charge in [0.2, 0.25) is 11.8 Å². The van der Waals surface area contributed by atoms with E-state index < -0.39 is 0 Å². The molecular weight excluding hydrogens is 354 g/mol. The van der Waals surface area contributed by atoms with Gasteiger partial charge < -0.3 is 14.4 Å². The lowest BCUT2D eigenvalue weighted by Crippen LogP contribution is -2.70. The number of aromatic nitrogens is 2. The van der Waals surface area contributed by atoms with Crippen LogP contribution in [0.1, 0.15) is 51.4 Å². The Bertz CT molecular complexity index is 726. The molecule has 2 saturated heterocycles. The predicted octanol–water partition coefficient (Wildman–Crippen LogP) is 2.83. The van der Waals surface area contributed by atoms with Crippen LogP contribution in [0, 0.1) is 23.2 Å². The molecule has 6 heteroatoms. The lowest BCUT2D eigenvalue weighted by molar-refractivity contribution is -0.205. The lowest BCUT2D eigenvalue weighted by Gasteiger charge is -2.60. The highest BCUT2D eigenvalue weighted by Crippen LogP contribution is 2.61. The molecule has 4 bridgehead atoms. The molecule has 6 aliphatic rings. The van der Waals surface area contributed by atoms with Crippen LogP contribution < -0.4 is 4.74 Å². The first-order chi connectivity index (χ1) is 13.6. The molecule has 6 nitrogen and oxygen atoms in total. The van der Waals surface area contributed by atoms with Gasteiger partial charge in [0.1, 0.15) is 11.7 Å². The molecule has 4 saturated carbocycles. The first kappa shape index (κ1) is 17.2. The van der Waals surface area contributed by atoms with Gasteiger partial charge in [-0.25, -0.2) is 4.98 Å². The maximum absolute atomic E-state index is 13.5. The number of amides is 1. The van der Waals surface area contributed by atoms with Crippen molar-refractivity contribution in [2.75, 3.05) is 19.7 Å². The molecule has 7 rings (SSSR count). The second kappa shape index (κ2) is 6.15. The molecule has 1 aromatic rings. The van der Waals surface area contributed by atoms with E-state index in [4.69, 9.17) is 9.47 Å². The summed E-state index contributed by atoms with van der Waals surface area (Å²) in [7, 11) is 0. The quantitative estimate of drug-likeness (QED) is 0.803. The lowest BCUT2D eigenvalue weighted by atomic mass is 9.49. The minimum atomic E-state index is -0.219. The average molecular weight is 383 g/mol. The fraction of sp³-hybridized carbons (Fsp3) is 0.773. The van der Waals surface area contributed by atoms with E-state index in [-0.39, 0.29) is 17.1 Å². The van der Waals surface area contributed by atoms with Crippen LogP contribution in [0.5, 0.6) is 5.88 Å². The third kappa shape index (κ3) is 2.75. The molecule has 1 atom stereocenters. The average Bonchev–Trinajstić information content (AvgIpc) is 2.65. The van der Waals surface area contributed by atoms with E-state index in [1.165, 1.54) is 19.3 Å². The predicted molar refractivity (Wildman–Crippen MR) is 102 cm³/mol. The molecule has 0 unspecified atom stereocenters. The molecule has 0 radical (unpaired) electrons. The molecule has 28 heavy (non-hydrogen) atoms. The van der Waals surface area contributed by atoms with Gasteiger partial charge in [0.05, 0.1) is 31.3 Å². The fourth-order valence-electron chi connectivity index (χ4n) is 7.32. The van der Waals surface area contributed by atoms with Gasteiger partial charge in [0, 0.05) is 25.2 Å². The molecule has 3 heterocycles. The Balaban J connectivity index is 1.11. The number of hydrogen-bond donors (Lipinski definition) is 0. The van der Waals surface area contributed by atoms with Crippen molar-refractivity contribution in [1.29, 1.82) is 0 Å². The number of ether oxygens (including phenoxy) is 2. The smallest absolute Gasteiger partial charge is 0.232 e. The van der Waals surface area contributed by atoms with Gasteiger partial charge >= 0.3 is 0 Å². The zero-order valence-electron chi connectivity index (χ0n) is 16.4. The highest BCUT2D eigenvalue weighted by Gasteiger charge is 2.59. The van der Waals surface area contributed by atoms with Gasteiger partial charge in [0.15, 0.2) is 0 Å². The van der Waals surface area contributed by atoms with E-state index >= 15 is 0 Å².